The van der Waals surface area contributed by atoms with Crippen molar-refractivity contribution in [2.45, 2.75) is 46.0 Å². The fraction of sp³-hybridized carbons (Fsp3) is 0.857. The molecule has 2 atom stereocenters. The summed E-state index contributed by atoms with van der Waals surface area (Å²) in [6.07, 6.45) is 4.98. The molecule has 2 rings (SSSR count). The summed E-state index contributed by atoms with van der Waals surface area (Å²) in [6, 6.07) is 0. The smallest absolute Gasteiger partial charge is 0.308 e. The Labute approximate surface area is 108 Å². The van der Waals surface area contributed by atoms with Gasteiger partial charge in [-0.3, -0.25) is 9.59 Å². The molecule has 2 aliphatic rings. The first-order chi connectivity index (χ1) is 8.42. The summed E-state index contributed by atoms with van der Waals surface area (Å²) in [4.78, 5) is 25.2. The minimum Gasteiger partial charge on any atom is -0.481 e. The average molecular weight is 253 g/mol. The van der Waals surface area contributed by atoms with Gasteiger partial charge in [0.05, 0.1) is 5.92 Å². The molecule has 102 valence electrons. The molecule has 1 aliphatic carbocycles. The van der Waals surface area contributed by atoms with E-state index in [1.807, 2.05) is 0 Å². The van der Waals surface area contributed by atoms with E-state index in [0.29, 0.717) is 19.5 Å². The number of carbonyl (C=O) groups is 2. The predicted molar refractivity (Wildman–Crippen MR) is 68.1 cm³/mol. The van der Waals surface area contributed by atoms with Crippen LogP contribution in [0, 0.1) is 17.3 Å². The van der Waals surface area contributed by atoms with Gasteiger partial charge in [-0.25, -0.2) is 0 Å². The first kappa shape index (κ1) is 13.4. The number of carboxylic acids is 1. The number of amides is 1. The summed E-state index contributed by atoms with van der Waals surface area (Å²) in [7, 11) is 0. The van der Waals surface area contributed by atoms with Gasteiger partial charge in [-0.15, -0.1) is 0 Å². The second-order valence-corrected chi connectivity index (χ2v) is 6.40. The highest BCUT2D eigenvalue weighted by molar-refractivity contribution is 5.81. The van der Waals surface area contributed by atoms with Gasteiger partial charge < -0.3 is 10.0 Å². The van der Waals surface area contributed by atoms with E-state index in [1.54, 1.807) is 4.90 Å². The van der Waals surface area contributed by atoms with Crippen LogP contribution in [0.2, 0.25) is 0 Å². The maximum atomic E-state index is 12.5. The molecule has 1 saturated heterocycles. The van der Waals surface area contributed by atoms with Crippen molar-refractivity contribution >= 4 is 11.9 Å². The van der Waals surface area contributed by atoms with Gasteiger partial charge in [0.15, 0.2) is 0 Å². The van der Waals surface area contributed by atoms with Crippen molar-refractivity contribution in [3.8, 4) is 0 Å². The lowest BCUT2D eigenvalue weighted by atomic mass is 9.68. The highest BCUT2D eigenvalue weighted by Gasteiger charge is 2.41. The molecular weight excluding hydrogens is 230 g/mol. The molecule has 2 fully saturated rings. The summed E-state index contributed by atoms with van der Waals surface area (Å²) in [5.74, 6) is -0.865. The van der Waals surface area contributed by atoms with Crippen molar-refractivity contribution in [2.75, 3.05) is 13.1 Å². The third-order valence-corrected chi connectivity index (χ3v) is 4.65. The standard InChI is InChI=1S/C14H23NO3/c1-14(2)7-4-3-5-11(14)12(16)15-8-6-10(9-15)13(17)18/h10-11H,3-9H2,1-2H3,(H,17,18). The zero-order valence-corrected chi connectivity index (χ0v) is 11.3. The summed E-state index contributed by atoms with van der Waals surface area (Å²) in [5.41, 5.74) is 0.0661. The molecule has 1 amide bonds. The molecular formula is C14H23NO3. The quantitative estimate of drug-likeness (QED) is 0.820. The fourth-order valence-corrected chi connectivity index (χ4v) is 3.33. The Morgan fingerprint density at radius 1 is 1.22 bits per heavy atom. The van der Waals surface area contributed by atoms with Crippen LogP contribution < -0.4 is 0 Å². The van der Waals surface area contributed by atoms with Gasteiger partial charge in [0.1, 0.15) is 0 Å². The molecule has 0 radical (unpaired) electrons. The van der Waals surface area contributed by atoms with Crippen molar-refractivity contribution < 1.29 is 14.7 Å². The molecule has 0 aromatic carbocycles. The number of hydrogen-bond acceptors (Lipinski definition) is 2. The second-order valence-electron chi connectivity index (χ2n) is 6.40. The van der Waals surface area contributed by atoms with Gasteiger partial charge in [-0.05, 0) is 24.7 Å². The van der Waals surface area contributed by atoms with Crippen LogP contribution >= 0.6 is 0 Å². The molecule has 0 aromatic heterocycles. The summed E-state index contributed by atoms with van der Waals surface area (Å²) in [5, 5.41) is 8.99. The van der Waals surface area contributed by atoms with Gasteiger partial charge in [-0.1, -0.05) is 26.7 Å². The number of hydrogen-bond donors (Lipinski definition) is 1. The molecule has 0 bridgehead atoms. The molecule has 1 heterocycles. The Balaban J connectivity index is 2.01. The largest absolute Gasteiger partial charge is 0.481 e. The SMILES string of the molecule is CC1(C)CCCCC1C(=O)N1CCC(C(=O)O)C1. The monoisotopic (exact) mass is 253 g/mol. The average Bonchev–Trinajstić information content (AvgIpc) is 2.77. The lowest BCUT2D eigenvalue weighted by Gasteiger charge is -2.39. The molecule has 18 heavy (non-hydrogen) atoms. The van der Waals surface area contributed by atoms with Crippen LogP contribution in [0.25, 0.3) is 0 Å². The predicted octanol–water partition coefficient (Wildman–Crippen LogP) is 2.14. The van der Waals surface area contributed by atoms with Crippen LogP contribution in [0.15, 0.2) is 0 Å². The molecule has 1 saturated carbocycles. The highest BCUT2D eigenvalue weighted by Crippen LogP contribution is 2.42. The normalized spacial score (nSPS) is 31.3. The molecule has 2 unspecified atom stereocenters. The van der Waals surface area contributed by atoms with Crippen LogP contribution in [-0.2, 0) is 9.59 Å². The molecule has 0 spiro atoms. The van der Waals surface area contributed by atoms with E-state index in [1.165, 1.54) is 6.42 Å². The van der Waals surface area contributed by atoms with Gasteiger partial charge in [0.2, 0.25) is 5.91 Å². The van der Waals surface area contributed by atoms with Crippen molar-refractivity contribution in [3.05, 3.63) is 0 Å². The summed E-state index contributed by atoms with van der Waals surface area (Å²) >= 11 is 0. The molecule has 1 aliphatic heterocycles. The Morgan fingerprint density at radius 2 is 1.94 bits per heavy atom. The number of likely N-dealkylation sites (tertiary alicyclic amines) is 1. The minimum atomic E-state index is -0.770. The Bertz CT molecular complexity index is 351. The fourth-order valence-electron chi connectivity index (χ4n) is 3.33. The maximum absolute atomic E-state index is 12.5. The number of carbonyl (C=O) groups excluding carboxylic acids is 1. The van der Waals surface area contributed by atoms with Crippen LogP contribution in [0.5, 0.6) is 0 Å². The topological polar surface area (TPSA) is 57.6 Å². The van der Waals surface area contributed by atoms with Gasteiger partial charge >= 0.3 is 5.97 Å². The number of rotatable bonds is 2. The van der Waals surface area contributed by atoms with E-state index in [2.05, 4.69) is 13.8 Å². The molecule has 1 N–H and O–H groups in total. The van der Waals surface area contributed by atoms with Crippen LogP contribution in [0.1, 0.15) is 46.0 Å². The van der Waals surface area contributed by atoms with Gasteiger partial charge in [0.25, 0.3) is 0 Å². The molecule has 4 nitrogen and oxygen atoms in total. The van der Waals surface area contributed by atoms with Crippen LogP contribution in [0.3, 0.4) is 0 Å². The first-order valence-corrected chi connectivity index (χ1v) is 6.93. The van der Waals surface area contributed by atoms with Crippen molar-refractivity contribution in [3.63, 3.8) is 0 Å². The number of nitrogens with zero attached hydrogens (tertiary/aromatic N) is 1. The Kier molecular flexibility index (Phi) is 3.64. The van der Waals surface area contributed by atoms with E-state index < -0.39 is 5.97 Å². The lowest BCUT2D eigenvalue weighted by Crippen LogP contribution is -2.43. The zero-order valence-electron chi connectivity index (χ0n) is 11.3. The van der Waals surface area contributed by atoms with Gasteiger partial charge in [0, 0.05) is 19.0 Å². The van der Waals surface area contributed by atoms with Crippen molar-refractivity contribution in [2.24, 2.45) is 17.3 Å². The Hall–Kier alpha value is -1.06. The number of carboxylic acid groups (broad SMARTS) is 1. The third kappa shape index (κ3) is 2.52. The molecule has 0 aromatic rings. The maximum Gasteiger partial charge on any atom is 0.308 e. The second kappa shape index (κ2) is 4.90. The highest BCUT2D eigenvalue weighted by atomic mass is 16.4. The molecule has 4 heteroatoms. The number of aliphatic carboxylic acids is 1. The van der Waals surface area contributed by atoms with Crippen molar-refractivity contribution in [1.29, 1.82) is 0 Å². The van der Waals surface area contributed by atoms with E-state index in [0.717, 1.165) is 19.3 Å². The van der Waals surface area contributed by atoms with E-state index in [9.17, 15) is 9.59 Å². The lowest BCUT2D eigenvalue weighted by molar-refractivity contribution is -0.142. The first-order valence-electron chi connectivity index (χ1n) is 6.93. The van der Waals surface area contributed by atoms with E-state index in [4.69, 9.17) is 5.11 Å². The van der Waals surface area contributed by atoms with Gasteiger partial charge in [-0.2, -0.15) is 0 Å². The van der Waals surface area contributed by atoms with Crippen LogP contribution in [0.4, 0.5) is 0 Å². The zero-order chi connectivity index (χ0) is 13.3. The summed E-state index contributed by atoms with van der Waals surface area (Å²) < 4.78 is 0. The third-order valence-electron chi connectivity index (χ3n) is 4.65. The van der Waals surface area contributed by atoms with Crippen LogP contribution in [-0.4, -0.2) is 35.0 Å². The Morgan fingerprint density at radius 3 is 2.50 bits per heavy atom. The minimum absolute atomic E-state index is 0.0661. The van der Waals surface area contributed by atoms with Crippen molar-refractivity contribution in [1.82, 2.24) is 4.90 Å². The summed E-state index contributed by atoms with van der Waals surface area (Å²) in [6.45, 7) is 5.35. The van der Waals surface area contributed by atoms with E-state index in [-0.39, 0.29) is 23.2 Å². The van der Waals surface area contributed by atoms with E-state index >= 15 is 0 Å².